The molecule has 0 radical (unpaired) electrons. The first-order valence-corrected chi connectivity index (χ1v) is 20.9. The van der Waals surface area contributed by atoms with E-state index in [1.165, 1.54) is 26.9 Å². The van der Waals surface area contributed by atoms with E-state index in [1.807, 2.05) is 30.3 Å². The van der Waals surface area contributed by atoms with Crippen molar-refractivity contribution >= 4 is 76.1 Å². The van der Waals surface area contributed by atoms with Gasteiger partial charge in [0, 0.05) is 43.8 Å². The summed E-state index contributed by atoms with van der Waals surface area (Å²) in [5, 5.41) is 11.6. The highest BCUT2D eigenvalue weighted by Crippen LogP contribution is 2.46. The molecular weight excluding hydrogens is 757 g/mol. The molecule has 0 unspecified atom stereocenters. The first kappa shape index (κ1) is 34.5. The third-order valence-electron chi connectivity index (χ3n) is 12.5. The predicted molar refractivity (Wildman–Crippen MR) is 256 cm³/mol. The predicted octanol–water partition coefficient (Wildman–Crippen LogP) is 15.0. The van der Waals surface area contributed by atoms with Crippen LogP contribution in [0.1, 0.15) is 0 Å². The summed E-state index contributed by atoms with van der Waals surface area (Å²) in [5.74, 6) is 1.73. The Labute approximate surface area is 355 Å². The molecule has 0 bridgehead atoms. The molecule has 5 nitrogen and oxygen atoms in total. The highest BCUT2D eigenvalue weighted by molar-refractivity contribution is 6.26. The summed E-state index contributed by atoms with van der Waals surface area (Å²) < 4.78 is 8.96. The largest absolute Gasteiger partial charge is 0.455 e. The summed E-state index contributed by atoms with van der Waals surface area (Å²) in [6, 6.07) is 72.6. The van der Waals surface area contributed by atoms with Gasteiger partial charge < -0.3 is 4.42 Å². The summed E-state index contributed by atoms with van der Waals surface area (Å²) >= 11 is 0. The Morgan fingerprint density at radius 1 is 0.339 bits per heavy atom. The maximum Gasteiger partial charge on any atom is 0.238 e. The van der Waals surface area contributed by atoms with Crippen molar-refractivity contribution < 1.29 is 4.42 Å². The van der Waals surface area contributed by atoms with E-state index in [2.05, 4.69) is 180 Å². The first-order valence-electron chi connectivity index (χ1n) is 20.9. The number of para-hydroxylation sites is 3. The minimum Gasteiger partial charge on any atom is -0.455 e. The van der Waals surface area contributed by atoms with E-state index in [0.717, 1.165) is 82.5 Å². The standard InChI is InChI=1S/C57H34N4O/c1-3-16-35(17-4-1)38-32-33-45(47-27-15-26-46-44-24-12-14-29-51(44)62-54(46)47)53-52(38)48-25-11-13-28-50(48)61(53)57-59-55(36-18-5-2-6-19-36)58-56(60-57)37-30-31-43-41-22-8-7-20-39(41)40-21-9-10-23-42(40)49(43)34-37/h1-34H. The Hall–Kier alpha value is -8.41. The van der Waals surface area contributed by atoms with Crippen LogP contribution in [0.4, 0.5) is 0 Å². The molecular formula is C57H34N4O. The van der Waals surface area contributed by atoms with E-state index in [1.54, 1.807) is 0 Å². The third-order valence-corrected chi connectivity index (χ3v) is 12.5. The van der Waals surface area contributed by atoms with E-state index in [-0.39, 0.29) is 0 Å². The second kappa shape index (κ2) is 13.6. The molecule has 0 saturated heterocycles. The Balaban J connectivity index is 1.15. The third kappa shape index (κ3) is 5.18. The molecule has 0 spiro atoms. The molecule has 13 aromatic rings. The van der Waals surface area contributed by atoms with Gasteiger partial charge in [0.1, 0.15) is 11.2 Å². The van der Waals surface area contributed by atoms with E-state index < -0.39 is 0 Å². The van der Waals surface area contributed by atoms with Crippen LogP contribution in [-0.2, 0) is 0 Å². The number of fused-ring (bicyclic) bond motifs is 12. The molecule has 3 aromatic heterocycles. The maximum absolute atomic E-state index is 6.72. The number of aromatic nitrogens is 4. The van der Waals surface area contributed by atoms with Crippen LogP contribution in [-0.4, -0.2) is 19.5 Å². The zero-order valence-electron chi connectivity index (χ0n) is 33.3. The fourth-order valence-corrected chi connectivity index (χ4v) is 9.70. The van der Waals surface area contributed by atoms with Crippen molar-refractivity contribution in [1.29, 1.82) is 0 Å². The smallest absolute Gasteiger partial charge is 0.238 e. The molecule has 0 saturated carbocycles. The fraction of sp³-hybridized carbons (Fsp3) is 0. The minimum absolute atomic E-state index is 0.534. The van der Waals surface area contributed by atoms with Gasteiger partial charge in [-0.15, -0.1) is 0 Å². The molecule has 0 atom stereocenters. The average molecular weight is 791 g/mol. The van der Waals surface area contributed by atoms with Crippen LogP contribution in [0.5, 0.6) is 0 Å². The molecule has 0 fully saturated rings. The lowest BCUT2D eigenvalue weighted by Gasteiger charge is -2.15. The molecule has 5 heteroatoms. The Bertz CT molecular complexity index is 3890. The van der Waals surface area contributed by atoms with Gasteiger partial charge in [0.25, 0.3) is 0 Å². The first-order chi connectivity index (χ1) is 30.8. The van der Waals surface area contributed by atoms with Gasteiger partial charge in [-0.2, -0.15) is 9.97 Å². The molecule has 0 aliphatic carbocycles. The maximum atomic E-state index is 6.72. The lowest BCUT2D eigenvalue weighted by Crippen LogP contribution is -2.07. The highest BCUT2D eigenvalue weighted by atomic mass is 16.3. The molecule has 0 amide bonds. The summed E-state index contributed by atoms with van der Waals surface area (Å²) in [4.78, 5) is 16.1. The lowest BCUT2D eigenvalue weighted by molar-refractivity contribution is 0.670. The van der Waals surface area contributed by atoms with Gasteiger partial charge in [0.05, 0.1) is 11.0 Å². The minimum atomic E-state index is 0.534. The van der Waals surface area contributed by atoms with Crippen molar-refractivity contribution in [2.24, 2.45) is 0 Å². The van der Waals surface area contributed by atoms with Gasteiger partial charge in [-0.3, -0.25) is 4.57 Å². The van der Waals surface area contributed by atoms with Crippen LogP contribution in [0.3, 0.4) is 0 Å². The number of hydrogen-bond donors (Lipinski definition) is 0. The zero-order valence-corrected chi connectivity index (χ0v) is 33.3. The molecule has 3 heterocycles. The zero-order chi connectivity index (χ0) is 40.7. The topological polar surface area (TPSA) is 56.7 Å². The number of nitrogens with zero attached hydrogens (tertiary/aromatic N) is 4. The van der Waals surface area contributed by atoms with Crippen molar-refractivity contribution in [2.45, 2.75) is 0 Å². The van der Waals surface area contributed by atoms with Gasteiger partial charge in [-0.25, -0.2) is 4.98 Å². The van der Waals surface area contributed by atoms with Crippen molar-refractivity contribution in [2.75, 3.05) is 0 Å². The van der Waals surface area contributed by atoms with E-state index in [9.17, 15) is 0 Å². The molecule has 288 valence electrons. The Morgan fingerprint density at radius 2 is 0.887 bits per heavy atom. The van der Waals surface area contributed by atoms with Gasteiger partial charge in [0.2, 0.25) is 5.95 Å². The van der Waals surface area contributed by atoms with Crippen molar-refractivity contribution in [3.05, 3.63) is 206 Å². The van der Waals surface area contributed by atoms with E-state index in [0.29, 0.717) is 17.6 Å². The van der Waals surface area contributed by atoms with E-state index in [4.69, 9.17) is 19.4 Å². The summed E-state index contributed by atoms with van der Waals surface area (Å²) in [6.45, 7) is 0. The van der Waals surface area contributed by atoms with E-state index >= 15 is 0 Å². The van der Waals surface area contributed by atoms with Gasteiger partial charge in [-0.05, 0) is 61.6 Å². The fourth-order valence-electron chi connectivity index (χ4n) is 9.70. The summed E-state index contributed by atoms with van der Waals surface area (Å²) in [5.41, 5.74) is 9.79. The number of hydrogen-bond acceptors (Lipinski definition) is 4. The molecule has 0 aliphatic rings. The summed E-state index contributed by atoms with van der Waals surface area (Å²) in [7, 11) is 0. The monoisotopic (exact) mass is 790 g/mol. The Kier molecular flexibility index (Phi) is 7.54. The van der Waals surface area contributed by atoms with Crippen LogP contribution < -0.4 is 0 Å². The number of furan rings is 1. The molecule has 0 N–H and O–H groups in total. The van der Waals surface area contributed by atoms with Crippen LogP contribution in [0.2, 0.25) is 0 Å². The number of rotatable bonds is 5. The second-order valence-electron chi connectivity index (χ2n) is 15.9. The van der Waals surface area contributed by atoms with Crippen molar-refractivity contribution in [3.63, 3.8) is 0 Å². The van der Waals surface area contributed by atoms with Gasteiger partial charge in [0.15, 0.2) is 11.6 Å². The normalized spacial score (nSPS) is 11.9. The molecule has 62 heavy (non-hydrogen) atoms. The molecule has 13 rings (SSSR count). The van der Waals surface area contributed by atoms with Gasteiger partial charge in [-0.1, -0.05) is 188 Å². The van der Waals surface area contributed by atoms with Crippen molar-refractivity contribution in [1.82, 2.24) is 19.5 Å². The highest BCUT2D eigenvalue weighted by Gasteiger charge is 2.25. The van der Waals surface area contributed by atoms with Crippen LogP contribution in [0, 0.1) is 0 Å². The molecule has 10 aromatic carbocycles. The second-order valence-corrected chi connectivity index (χ2v) is 15.9. The van der Waals surface area contributed by atoms with Crippen LogP contribution in [0.15, 0.2) is 211 Å². The van der Waals surface area contributed by atoms with Crippen molar-refractivity contribution in [3.8, 4) is 51.0 Å². The summed E-state index contributed by atoms with van der Waals surface area (Å²) in [6.07, 6.45) is 0. The average Bonchev–Trinajstić information content (AvgIpc) is 3.91. The Morgan fingerprint density at radius 3 is 1.61 bits per heavy atom. The van der Waals surface area contributed by atoms with Crippen LogP contribution >= 0.6 is 0 Å². The van der Waals surface area contributed by atoms with Crippen LogP contribution in [0.25, 0.3) is 127 Å². The SMILES string of the molecule is c1ccc(-c2nc(-c3ccc4c5ccccc5c5ccccc5c4c3)nc(-n3c4ccccc4c4c(-c5ccccc5)ccc(-c5cccc6c5oc5ccccc56)c43)n2)cc1. The lowest BCUT2D eigenvalue weighted by atomic mass is 9.93. The quantitative estimate of drug-likeness (QED) is 0.163. The number of benzene rings is 10. The molecule has 0 aliphatic heterocycles. The van der Waals surface area contributed by atoms with Gasteiger partial charge >= 0.3 is 0 Å².